The van der Waals surface area contributed by atoms with Crippen molar-refractivity contribution in [1.29, 1.82) is 0 Å². The summed E-state index contributed by atoms with van der Waals surface area (Å²) in [7, 11) is -2.26. The van der Waals surface area contributed by atoms with Gasteiger partial charge in [-0.2, -0.15) is 4.31 Å². The van der Waals surface area contributed by atoms with Crippen LogP contribution in [0.5, 0.6) is 5.75 Å². The number of aliphatic hydroxyl groups is 1. The van der Waals surface area contributed by atoms with Gasteiger partial charge in [-0.1, -0.05) is 25.1 Å². The van der Waals surface area contributed by atoms with E-state index in [2.05, 4.69) is 10.2 Å². The number of rotatable bonds is 10. The van der Waals surface area contributed by atoms with E-state index in [1.165, 1.54) is 11.4 Å². The molecule has 0 bridgehead atoms. The summed E-state index contributed by atoms with van der Waals surface area (Å²) in [6, 6.07) is 12.6. The van der Waals surface area contributed by atoms with Crippen LogP contribution in [0.2, 0.25) is 0 Å². The van der Waals surface area contributed by atoms with Crippen molar-refractivity contribution in [1.82, 2.24) is 14.1 Å². The van der Waals surface area contributed by atoms with Crippen molar-refractivity contribution in [2.75, 3.05) is 64.9 Å². The lowest BCUT2D eigenvalue weighted by molar-refractivity contribution is -0.116. The maximum absolute atomic E-state index is 13.7. The average Bonchev–Trinajstić information content (AvgIpc) is 2.98. The molecule has 2 aliphatic rings. The molecule has 0 unspecified atom stereocenters. The lowest BCUT2D eigenvalue weighted by atomic mass is 9.99. The predicted molar refractivity (Wildman–Crippen MR) is 154 cm³/mol. The fourth-order valence-corrected chi connectivity index (χ4v) is 6.15. The Balaban J connectivity index is 1.55. The molecule has 0 aliphatic carbocycles. The van der Waals surface area contributed by atoms with E-state index in [0.29, 0.717) is 37.6 Å². The second-order valence-corrected chi connectivity index (χ2v) is 12.7. The van der Waals surface area contributed by atoms with Crippen molar-refractivity contribution >= 4 is 27.5 Å². The first-order chi connectivity index (χ1) is 19.6. The van der Waals surface area contributed by atoms with E-state index in [1.807, 2.05) is 6.92 Å². The van der Waals surface area contributed by atoms with Crippen molar-refractivity contribution in [2.24, 2.45) is 5.92 Å². The minimum atomic E-state index is -3.76. The molecule has 2 heterocycles. The van der Waals surface area contributed by atoms with Crippen LogP contribution in [0.3, 0.4) is 0 Å². The van der Waals surface area contributed by atoms with Crippen molar-refractivity contribution in [3.63, 3.8) is 0 Å². The van der Waals surface area contributed by atoms with Gasteiger partial charge in [0.05, 0.1) is 42.9 Å². The van der Waals surface area contributed by atoms with Gasteiger partial charge in [-0.25, -0.2) is 8.42 Å². The molecular weight excluding hydrogens is 548 g/mol. The first-order valence-electron chi connectivity index (χ1n) is 13.9. The molecule has 0 saturated carbocycles. The molecule has 12 heteroatoms. The SMILES string of the molecule is C[C@@H]1CN([C@H](C)CO)C(=O)c2cc(NC(=O)CCN3CCOCC3)ccc2O[C@@H]1CN(C)S(=O)(=O)c1ccccc1. The summed E-state index contributed by atoms with van der Waals surface area (Å²) in [5.41, 5.74) is 0.694. The number of likely N-dealkylation sites (N-methyl/N-ethyl adjacent to an activating group) is 1. The Bertz CT molecular complexity index is 1300. The maximum atomic E-state index is 13.7. The topological polar surface area (TPSA) is 129 Å². The molecule has 0 radical (unpaired) electrons. The number of sulfonamides is 1. The van der Waals surface area contributed by atoms with Gasteiger partial charge >= 0.3 is 0 Å². The molecule has 1 fully saturated rings. The second-order valence-electron chi connectivity index (χ2n) is 10.7. The highest BCUT2D eigenvalue weighted by atomic mass is 32.2. The van der Waals surface area contributed by atoms with Crippen LogP contribution in [0.1, 0.15) is 30.6 Å². The van der Waals surface area contributed by atoms with Crippen molar-refractivity contribution in [3.8, 4) is 5.75 Å². The zero-order valence-electron chi connectivity index (χ0n) is 23.9. The lowest BCUT2D eigenvalue weighted by Crippen LogP contribution is -2.50. The second kappa shape index (κ2) is 13.8. The van der Waals surface area contributed by atoms with Gasteiger partial charge in [-0.05, 0) is 37.3 Å². The molecule has 41 heavy (non-hydrogen) atoms. The Kier molecular flexibility index (Phi) is 10.4. The van der Waals surface area contributed by atoms with Crippen molar-refractivity contribution in [3.05, 3.63) is 54.1 Å². The molecule has 2 amide bonds. The third-order valence-electron chi connectivity index (χ3n) is 7.60. The number of hydrogen-bond donors (Lipinski definition) is 2. The summed E-state index contributed by atoms with van der Waals surface area (Å²) in [6.45, 7) is 7.22. The van der Waals surface area contributed by atoms with Crippen molar-refractivity contribution in [2.45, 2.75) is 37.3 Å². The van der Waals surface area contributed by atoms with Gasteiger partial charge in [-0.15, -0.1) is 0 Å². The quantitative estimate of drug-likeness (QED) is 0.431. The number of aliphatic hydroxyl groups excluding tert-OH is 1. The van der Waals surface area contributed by atoms with Gasteiger partial charge in [0.2, 0.25) is 15.9 Å². The standard InChI is InChI=1S/C29H40N4O7S/c1-21-18-33(22(2)20-34)29(36)25-17-23(30-28(35)11-12-32-13-15-39-16-14-32)9-10-26(25)40-27(21)19-31(3)41(37,38)24-7-5-4-6-8-24/h4-10,17,21-22,27,34H,11-16,18-20H2,1-3H3,(H,30,35)/t21-,22-,27-/m1/s1. The number of hydrogen-bond acceptors (Lipinski definition) is 8. The fourth-order valence-electron chi connectivity index (χ4n) is 4.95. The van der Waals surface area contributed by atoms with Crippen molar-refractivity contribution < 1.29 is 32.6 Å². The van der Waals surface area contributed by atoms with Gasteiger partial charge in [0.25, 0.3) is 5.91 Å². The Morgan fingerprint density at radius 2 is 1.88 bits per heavy atom. The zero-order valence-corrected chi connectivity index (χ0v) is 24.7. The highest BCUT2D eigenvalue weighted by Crippen LogP contribution is 2.31. The van der Waals surface area contributed by atoms with Gasteiger partial charge in [-0.3, -0.25) is 14.5 Å². The summed E-state index contributed by atoms with van der Waals surface area (Å²) in [5, 5.41) is 12.8. The Hall–Kier alpha value is -3.03. The molecule has 2 N–H and O–H groups in total. The fraction of sp³-hybridized carbons (Fsp3) is 0.517. The van der Waals surface area contributed by atoms with E-state index in [-0.39, 0.29) is 47.9 Å². The smallest absolute Gasteiger partial charge is 0.258 e. The van der Waals surface area contributed by atoms with Crippen LogP contribution in [0.4, 0.5) is 5.69 Å². The number of benzene rings is 2. The number of anilines is 1. The summed E-state index contributed by atoms with van der Waals surface area (Å²) >= 11 is 0. The number of ether oxygens (including phenoxy) is 2. The third kappa shape index (κ3) is 7.63. The maximum Gasteiger partial charge on any atom is 0.258 e. The minimum Gasteiger partial charge on any atom is -0.488 e. The molecule has 224 valence electrons. The molecule has 2 aromatic carbocycles. The summed E-state index contributed by atoms with van der Waals surface area (Å²) < 4.78 is 39.3. The number of nitrogens with zero attached hydrogens (tertiary/aromatic N) is 3. The normalized spacial score (nSPS) is 21.0. The molecular formula is C29H40N4O7S. The number of nitrogens with one attached hydrogen (secondary N) is 1. The molecule has 4 rings (SSSR count). The molecule has 11 nitrogen and oxygen atoms in total. The lowest BCUT2D eigenvalue weighted by Gasteiger charge is -2.38. The van der Waals surface area contributed by atoms with Gasteiger partial charge in [0.15, 0.2) is 0 Å². The Morgan fingerprint density at radius 3 is 2.56 bits per heavy atom. The van der Waals surface area contributed by atoms with Crippen LogP contribution < -0.4 is 10.1 Å². The van der Waals surface area contributed by atoms with Crippen LogP contribution >= 0.6 is 0 Å². The largest absolute Gasteiger partial charge is 0.488 e. The van der Waals surface area contributed by atoms with Crippen LogP contribution in [-0.4, -0.2) is 111 Å². The summed E-state index contributed by atoms with van der Waals surface area (Å²) in [4.78, 5) is 30.3. The number of fused-ring (bicyclic) bond motifs is 1. The molecule has 0 spiro atoms. The number of carbonyl (C=O) groups excluding carboxylic acids is 2. The molecule has 2 aromatic rings. The first kappa shape index (κ1) is 30.9. The van der Waals surface area contributed by atoms with E-state index in [4.69, 9.17) is 9.47 Å². The Labute approximate surface area is 242 Å². The predicted octanol–water partition coefficient (Wildman–Crippen LogP) is 1.89. The van der Waals surface area contributed by atoms with Crippen LogP contribution in [0, 0.1) is 5.92 Å². The van der Waals surface area contributed by atoms with E-state index in [0.717, 1.165) is 13.1 Å². The Morgan fingerprint density at radius 1 is 1.17 bits per heavy atom. The van der Waals surface area contributed by atoms with Gasteiger partial charge in [0, 0.05) is 51.3 Å². The first-order valence-corrected chi connectivity index (χ1v) is 15.4. The minimum absolute atomic E-state index is 0.0490. The highest BCUT2D eigenvalue weighted by molar-refractivity contribution is 7.89. The van der Waals surface area contributed by atoms with E-state index < -0.39 is 22.2 Å². The van der Waals surface area contributed by atoms with Gasteiger partial charge < -0.3 is 24.8 Å². The molecule has 2 aliphatic heterocycles. The molecule has 0 aromatic heterocycles. The molecule has 3 atom stereocenters. The van der Waals surface area contributed by atoms with E-state index in [9.17, 15) is 23.1 Å². The van der Waals surface area contributed by atoms with E-state index in [1.54, 1.807) is 60.4 Å². The summed E-state index contributed by atoms with van der Waals surface area (Å²) in [6.07, 6.45) is -0.288. The third-order valence-corrected chi connectivity index (χ3v) is 9.43. The number of amides is 2. The average molecular weight is 589 g/mol. The molecule has 1 saturated heterocycles. The van der Waals surface area contributed by atoms with Crippen LogP contribution in [0.15, 0.2) is 53.4 Å². The number of morpholine rings is 1. The van der Waals surface area contributed by atoms with Crippen LogP contribution in [-0.2, 0) is 19.6 Å². The van der Waals surface area contributed by atoms with Gasteiger partial charge in [0.1, 0.15) is 11.9 Å². The highest BCUT2D eigenvalue weighted by Gasteiger charge is 2.35. The van der Waals surface area contributed by atoms with E-state index >= 15 is 0 Å². The summed E-state index contributed by atoms with van der Waals surface area (Å²) in [5.74, 6) is -0.468. The monoisotopic (exact) mass is 588 g/mol. The zero-order chi connectivity index (χ0) is 29.6. The number of carbonyl (C=O) groups is 2. The van der Waals surface area contributed by atoms with Crippen LogP contribution in [0.25, 0.3) is 0 Å².